The molecule has 0 amide bonds. The van der Waals surface area contributed by atoms with Crippen molar-refractivity contribution in [3.05, 3.63) is 58.3 Å². The average molecular weight is 379 g/mol. The Labute approximate surface area is 160 Å². The number of thiophene rings is 1. The number of rotatable bonds is 2. The number of hydrogen-bond acceptors (Lipinski definition) is 6. The summed E-state index contributed by atoms with van der Waals surface area (Å²) in [7, 11) is 0. The summed E-state index contributed by atoms with van der Waals surface area (Å²) < 4.78 is 11.4. The number of benzene rings is 1. The van der Waals surface area contributed by atoms with Crippen molar-refractivity contribution in [2.75, 3.05) is 11.5 Å². The van der Waals surface area contributed by atoms with E-state index in [-0.39, 0.29) is 35.5 Å². The molecule has 2 bridgehead atoms. The van der Waals surface area contributed by atoms with E-state index in [1.807, 2.05) is 41.8 Å². The highest BCUT2D eigenvalue weighted by Crippen LogP contribution is 2.51. The Hall–Kier alpha value is -2.28. The Kier molecular flexibility index (Phi) is 3.27. The Balaban J connectivity index is 1.54. The van der Waals surface area contributed by atoms with Crippen LogP contribution >= 0.6 is 11.3 Å². The van der Waals surface area contributed by atoms with Gasteiger partial charge in [0.05, 0.1) is 29.5 Å². The summed E-state index contributed by atoms with van der Waals surface area (Å²) in [6.45, 7) is 0.373. The number of fused-ring (bicyclic) bond motifs is 8. The lowest BCUT2D eigenvalue weighted by molar-refractivity contribution is -0.163. The van der Waals surface area contributed by atoms with E-state index in [9.17, 15) is 9.59 Å². The van der Waals surface area contributed by atoms with Gasteiger partial charge in [-0.3, -0.25) is 9.59 Å². The number of nitrogens with zero attached hydrogens (tertiary/aromatic N) is 1. The molecule has 5 heterocycles. The van der Waals surface area contributed by atoms with Gasteiger partial charge in [0.2, 0.25) is 6.29 Å². The molecule has 4 aliphatic heterocycles. The summed E-state index contributed by atoms with van der Waals surface area (Å²) in [5.74, 6) is -0.454. The highest BCUT2D eigenvalue weighted by Gasteiger charge is 2.63. The second-order valence-corrected chi connectivity index (χ2v) is 8.40. The van der Waals surface area contributed by atoms with E-state index < -0.39 is 12.3 Å². The monoisotopic (exact) mass is 379 g/mol. The van der Waals surface area contributed by atoms with Crippen LogP contribution in [0, 0.1) is 11.8 Å². The molecule has 3 saturated heterocycles. The van der Waals surface area contributed by atoms with Crippen LogP contribution < -0.4 is 4.90 Å². The molecule has 5 nitrogen and oxygen atoms in total. The van der Waals surface area contributed by atoms with Gasteiger partial charge < -0.3 is 14.4 Å². The fourth-order valence-electron chi connectivity index (χ4n) is 5.14. The Morgan fingerprint density at radius 2 is 2.07 bits per heavy atom. The Bertz CT molecular complexity index is 968. The van der Waals surface area contributed by atoms with E-state index in [1.165, 1.54) is 11.3 Å². The van der Waals surface area contributed by atoms with Gasteiger partial charge in [-0.2, -0.15) is 0 Å². The second-order valence-electron chi connectivity index (χ2n) is 7.45. The van der Waals surface area contributed by atoms with Crippen molar-refractivity contribution in [2.45, 2.75) is 24.5 Å². The van der Waals surface area contributed by atoms with Gasteiger partial charge in [-0.1, -0.05) is 36.4 Å². The minimum absolute atomic E-state index is 0.0331. The topological polar surface area (TPSA) is 55.8 Å². The van der Waals surface area contributed by atoms with Crippen LogP contribution in [-0.2, 0) is 14.3 Å². The van der Waals surface area contributed by atoms with Crippen molar-refractivity contribution >= 4 is 34.7 Å². The lowest BCUT2D eigenvalue weighted by Crippen LogP contribution is -2.48. The maximum absolute atomic E-state index is 13.5. The highest BCUT2D eigenvalue weighted by atomic mass is 32.1. The molecule has 0 radical (unpaired) electrons. The molecule has 0 N–H and O–H groups in total. The van der Waals surface area contributed by atoms with E-state index in [0.717, 1.165) is 16.1 Å². The summed E-state index contributed by atoms with van der Waals surface area (Å²) in [5.41, 5.74) is 2.09. The van der Waals surface area contributed by atoms with Crippen LogP contribution in [0.5, 0.6) is 0 Å². The zero-order chi connectivity index (χ0) is 18.1. The first-order valence-electron chi connectivity index (χ1n) is 9.18. The predicted octanol–water partition coefficient (Wildman–Crippen LogP) is 2.77. The smallest absolute Gasteiger partial charge is 0.218 e. The van der Waals surface area contributed by atoms with Crippen molar-refractivity contribution in [2.24, 2.45) is 11.8 Å². The quantitative estimate of drug-likeness (QED) is 0.751. The first-order chi connectivity index (χ1) is 13.2. The van der Waals surface area contributed by atoms with Gasteiger partial charge in [-0.15, -0.1) is 11.3 Å². The maximum Gasteiger partial charge on any atom is 0.218 e. The fraction of sp³-hybridized carbons (Fsp3) is 0.333. The van der Waals surface area contributed by atoms with Crippen molar-refractivity contribution < 1.29 is 19.1 Å². The van der Waals surface area contributed by atoms with E-state index in [1.54, 1.807) is 0 Å². The number of anilines is 1. The van der Waals surface area contributed by atoms with Gasteiger partial charge in [0.15, 0.2) is 11.6 Å². The molecule has 1 aromatic heterocycles. The van der Waals surface area contributed by atoms with Crippen LogP contribution in [0.15, 0.2) is 47.9 Å². The minimum Gasteiger partial charge on any atom is -0.353 e. The predicted molar refractivity (Wildman–Crippen MR) is 101 cm³/mol. The normalized spacial score (nSPS) is 35.7. The molecule has 6 unspecified atom stereocenters. The first kappa shape index (κ1) is 15.7. The van der Waals surface area contributed by atoms with Crippen LogP contribution in [0.3, 0.4) is 0 Å². The zero-order valence-electron chi connectivity index (χ0n) is 14.4. The number of carbonyl (C=O) groups excluding carboxylic acids is 2. The van der Waals surface area contributed by atoms with Crippen molar-refractivity contribution in [1.82, 2.24) is 0 Å². The van der Waals surface area contributed by atoms with Crippen molar-refractivity contribution in [1.29, 1.82) is 0 Å². The minimum atomic E-state index is -0.778. The van der Waals surface area contributed by atoms with Gasteiger partial charge in [-0.25, -0.2) is 0 Å². The summed E-state index contributed by atoms with van der Waals surface area (Å²) >= 11 is 1.45. The summed E-state index contributed by atoms with van der Waals surface area (Å²) in [4.78, 5) is 29.5. The van der Waals surface area contributed by atoms with Gasteiger partial charge in [0.25, 0.3) is 0 Å². The zero-order valence-corrected chi connectivity index (χ0v) is 15.2. The Morgan fingerprint density at radius 3 is 2.93 bits per heavy atom. The van der Waals surface area contributed by atoms with Gasteiger partial charge in [0.1, 0.15) is 6.04 Å². The van der Waals surface area contributed by atoms with Gasteiger partial charge in [-0.05, 0) is 23.1 Å². The SMILES string of the molecule is O=C1C2OCC(O2)C2C1C1C=Cc3ccccc3N1C2C(=O)c1cccs1. The van der Waals surface area contributed by atoms with Crippen molar-refractivity contribution in [3.8, 4) is 0 Å². The fourth-order valence-corrected chi connectivity index (χ4v) is 5.84. The lowest BCUT2D eigenvalue weighted by Gasteiger charge is -2.35. The third-order valence-corrected chi connectivity index (χ3v) is 7.07. The van der Waals surface area contributed by atoms with Crippen LogP contribution in [0.4, 0.5) is 5.69 Å². The second kappa shape index (κ2) is 5.61. The number of Topliss-reactive ketones (excluding diaryl/α,β-unsaturated/α-hetero) is 2. The van der Waals surface area contributed by atoms with Crippen LogP contribution in [0.2, 0.25) is 0 Å². The number of ether oxygens (including phenoxy) is 2. The molecular formula is C21H17NO4S. The van der Waals surface area contributed by atoms with Crippen LogP contribution in [0.1, 0.15) is 15.2 Å². The molecule has 136 valence electrons. The van der Waals surface area contributed by atoms with Crippen LogP contribution in [0.25, 0.3) is 6.08 Å². The molecule has 6 atom stereocenters. The Morgan fingerprint density at radius 1 is 1.19 bits per heavy atom. The summed E-state index contributed by atoms with van der Waals surface area (Å²) in [6, 6.07) is 11.2. The standard InChI is InChI=1S/C21H17NO4S/c23-19(15-6-3-9-27-15)18-17-14-10-25-21(26-14)20(24)16(17)13-8-7-11-4-1-2-5-12(11)22(13)18/h1-9,13-14,16-18,21H,10H2. The molecule has 4 aliphatic rings. The number of ketones is 2. The third-order valence-electron chi connectivity index (χ3n) is 6.19. The third kappa shape index (κ3) is 2.06. The molecule has 2 aromatic rings. The maximum atomic E-state index is 13.5. The van der Waals surface area contributed by atoms with Gasteiger partial charge >= 0.3 is 0 Å². The van der Waals surface area contributed by atoms with Crippen molar-refractivity contribution in [3.63, 3.8) is 0 Å². The summed E-state index contributed by atoms with van der Waals surface area (Å²) in [6.07, 6.45) is 3.14. The van der Waals surface area contributed by atoms with E-state index >= 15 is 0 Å². The van der Waals surface area contributed by atoms with Gasteiger partial charge in [0, 0.05) is 11.6 Å². The molecule has 6 rings (SSSR count). The number of hydrogen-bond donors (Lipinski definition) is 0. The molecule has 1 aromatic carbocycles. The van der Waals surface area contributed by atoms with E-state index in [4.69, 9.17) is 9.47 Å². The number of para-hydroxylation sites is 1. The van der Waals surface area contributed by atoms with E-state index in [2.05, 4.69) is 17.1 Å². The van der Waals surface area contributed by atoms with Crippen LogP contribution in [-0.4, -0.2) is 42.7 Å². The molecule has 0 aliphatic carbocycles. The largest absolute Gasteiger partial charge is 0.353 e. The summed E-state index contributed by atoms with van der Waals surface area (Å²) in [5, 5.41) is 1.92. The molecule has 3 fully saturated rings. The average Bonchev–Trinajstić information content (AvgIpc) is 3.43. The molecule has 6 heteroatoms. The molecule has 27 heavy (non-hydrogen) atoms. The molecular weight excluding hydrogens is 362 g/mol. The molecule has 0 saturated carbocycles. The lowest BCUT2D eigenvalue weighted by atomic mass is 9.77. The van der Waals surface area contributed by atoms with E-state index in [0.29, 0.717) is 6.61 Å². The first-order valence-corrected chi connectivity index (χ1v) is 10.1. The molecule has 0 spiro atoms. The number of carbonyl (C=O) groups is 2. The highest BCUT2D eigenvalue weighted by molar-refractivity contribution is 7.12.